The van der Waals surface area contributed by atoms with E-state index < -0.39 is 12.0 Å². The zero-order chi connectivity index (χ0) is 15.9. The minimum absolute atomic E-state index is 0.400. The highest BCUT2D eigenvalue weighted by Crippen LogP contribution is 2.35. The summed E-state index contributed by atoms with van der Waals surface area (Å²) >= 11 is 1.44. The molecule has 0 spiro atoms. The highest BCUT2D eigenvalue weighted by Gasteiger charge is 2.36. The second-order valence-electron chi connectivity index (χ2n) is 4.80. The Bertz CT molecular complexity index is 762. The molecule has 1 aliphatic rings. The number of rotatable bonds is 3. The van der Waals surface area contributed by atoms with Crippen LogP contribution >= 0.6 is 11.8 Å². The third-order valence-electron chi connectivity index (χ3n) is 3.56. The first-order valence-corrected chi connectivity index (χ1v) is 7.83. The molecular weight excluding hydrogens is 304 g/mol. The number of aromatic nitrogens is 5. The predicted octanol–water partition coefficient (Wildman–Crippen LogP) is 1.20. The molecule has 22 heavy (non-hydrogen) atoms. The number of carbonyl (C=O) groups excluding carboxylic acids is 1. The van der Waals surface area contributed by atoms with Crippen molar-refractivity contribution >= 4 is 23.7 Å². The molecule has 2 aromatic rings. The Morgan fingerprint density at radius 3 is 2.86 bits per heavy atom. The lowest BCUT2D eigenvalue weighted by Crippen LogP contribution is -2.30. The van der Waals surface area contributed by atoms with E-state index in [0.29, 0.717) is 22.4 Å². The van der Waals surface area contributed by atoms with Crippen LogP contribution in [0.1, 0.15) is 18.7 Å². The number of methoxy groups -OCH3 is 1. The van der Waals surface area contributed by atoms with Crippen LogP contribution in [-0.2, 0) is 16.6 Å². The molecule has 0 amide bonds. The van der Waals surface area contributed by atoms with Crippen molar-refractivity contribution < 1.29 is 9.53 Å². The fraction of sp³-hybridized carbons (Fsp3) is 0.385. The molecule has 0 fully saturated rings. The maximum Gasteiger partial charge on any atom is 0.338 e. The summed E-state index contributed by atoms with van der Waals surface area (Å²) in [7, 11) is 3.20. The van der Waals surface area contributed by atoms with Crippen LogP contribution < -0.4 is 5.32 Å². The average Bonchev–Trinajstić information content (AvgIpc) is 3.10. The summed E-state index contributed by atoms with van der Waals surface area (Å²) in [5.41, 5.74) is 2.03. The molecule has 0 aromatic carbocycles. The fourth-order valence-corrected chi connectivity index (χ4v) is 2.87. The summed E-state index contributed by atoms with van der Waals surface area (Å²) in [5.74, 6) is 0.198. The van der Waals surface area contributed by atoms with Gasteiger partial charge in [0.25, 0.3) is 0 Å². The topological polar surface area (TPSA) is 86.9 Å². The van der Waals surface area contributed by atoms with Crippen LogP contribution in [0.2, 0.25) is 0 Å². The van der Waals surface area contributed by atoms with Gasteiger partial charge in [-0.25, -0.2) is 9.48 Å². The van der Waals surface area contributed by atoms with Crippen molar-refractivity contribution in [1.29, 1.82) is 0 Å². The number of fused-ring (bicyclic) bond motifs is 1. The van der Waals surface area contributed by atoms with Crippen LogP contribution in [0.15, 0.2) is 28.7 Å². The van der Waals surface area contributed by atoms with Gasteiger partial charge in [0.15, 0.2) is 0 Å². The van der Waals surface area contributed by atoms with E-state index in [1.807, 2.05) is 26.3 Å². The molecule has 0 saturated heterocycles. The van der Waals surface area contributed by atoms with E-state index in [1.54, 1.807) is 15.6 Å². The molecule has 0 aliphatic carbocycles. The van der Waals surface area contributed by atoms with Crippen molar-refractivity contribution in [2.75, 3.05) is 18.7 Å². The Morgan fingerprint density at radius 1 is 1.50 bits per heavy atom. The van der Waals surface area contributed by atoms with Gasteiger partial charge in [0, 0.05) is 18.9 Å². The van der Waals surface area contributed by atoms with Crippen molar-refractivity contribution in [2.24, 2.45) is 7.05 Å². The summed E-state index contributed by atoms with van der Waals surface area (Å²) in [6, 6.07) is 1.43. The summed E-state index contributed by atoms with van der Waals surface area (Å²) in [5, 5.41) is 12.4. The Hall–Kier alpha value is -2.29. The van der Waals surface area contributed by atoms with E-state index in [-0.39, 0.29) is 0 Å². The Balaban J connectivity index is 2.21. The molecule has 1 atom stereocenters. The predicted molar refractivity (Wildman–Crippen MR) is 81.5 cm³/mol. The first-order chi connectivity index (χ1) is 10.6. The van der Waals surface area contributed by atoms with Crippen molar-refractivity contribution in [3.63, 3.8) is 0 Å². The summed E-state index contributed by atoms with van der Waals surface area (Å²) in [6.45, 7) is 1.83. The Labute approximate surface area is 131 Å². The van der Waals surface area contributed by atoms with Gasteiger partial charge in [0.2, 0.25) is 11.1 Å². The largest absolute Gasteiger partial charge is 0.466 e. The lowest BCUT2D eigenvalue weighted by Gasteiger charge is -2.27. The van der Waals surface area contributed by atoms with Gasteiger partial charge in [-0.2, -0.15) is 10.1 Å². The van der Waals surface area contributed by atoms with Gasteiger partial charge in [-0.1, -0.05) is 11.8 Å². The number of allylic oxidation sites excluding steroid dienone is 1. The number of esters is 1. The first kappa shape index (κ1) is 14.6. The number of nitrogens with zero attached hydrogens (tertiary/aromatic N) is 5. The van der Waals surface area contributed by atoms with E-state index in [4.69, 9.17) is 4.74 Å². The second-order valence-corrected chi connectivity index (χ2v) is 5.58. The van der Waals surface area contributed by atoms with Crippen LogP contribution in [0.3, 0.4) is 0 Å². The zero-order valence-electron chi connectivity index (χ0n) is 12.7. The van der Waals surface area contributed by atoms with E-state index in [1.165, 1.54) is 18.9 Å². The van der Waals surface area contributed by atoms with Gasteiger partial charge in [-0.15, -0.1) is 5.10 Å². The smallest absolute Gasteiger partial charge is 0.338 e. The third-order valence-corrected chi connectivity index (χ3v) is 4.10. The van der Waals surface area contributed by atoms with E-state index in [9.17, 15) is 4.79 Å². The Morgan fingerprint density at radius 2 is 2.27 bits per heavy atom. The highest BCUT2D eigenvalue weighted by molar-refractivity contribution is 7.98. The van der Waals surface area contributed by atoms with Gasteiger partial charge in [0.1, 0.15) is 6.04 Å². The summed E-state index contributed by atoms with van der Waals surface area (Å²) < 4.78 is 8.36. The minimum Gasteiger partial charge on any atom is -0.466 e. The van der Waals surface area contributed by atoms with Crippen LogP contribution in [0, 0.1) is 0 Å². The molecule has 0 unspecified atom stereocenters. The number of carbonyl (C=O) groups is 1. The molecule has 3 rings (SSSR count). The number of anilines is 1. The lowest BCUT2D eigenvalue weighted by atomic mass is 10.0. The number of thioether (sulfide) groups is 1. The van der Waals surface area contributed by atoms with Crippen LogP contribution in [0.5, 0.6) is 0 Å². The quantitative estimate of drug-likeness (QED) is 0.671. The first-order valence-electron chi connectivity index (χ1n) is 6.61. The van der Waals surface area contributed by atoms with Gasteiger partial charge in [0.05, 0.1) is 18.4 Å². The van der Waals surface area contributed by atoms with E-state index in [0.717, 1.165) is 5.69 Å². The minimum atomic E-state index is -0.426. The van der Waals surface area contributed by atoms with Crippen molar-refractivity contribution in [2.45, 2.75) is 18.1 Å². The zero-order valence-corrected chi connectivity index (χ0v) is 13.5. The molecule has 2 aromatic heterocycles. The molecule has 0 radical (unpaired) electrons. The maximum absolute atomic E-state index is 12.3. The number of hydrogen-bond acceptors (Lipinski definition) is 7. The summed E-state index contributed by atoms with van der Waals surface area (Å²) in [6.07, 6.45) is 3.59. The monoisotopic (exact) mass is 320 g/mol. The number of nitrogens with one attached hydrogen (secondary N) is 1. The second kappa shape index (κ2) is 5.48. The molecule has 3 heterocycles. The fourth-order valence-electron chi connectivity index (χ4n) is 2.52. The highest BCUT2D eigenvalue weighted by atomic mass is 32.2. The molecule has 9 heteroatoms. The molecule has 8 nitrogen and oxygen atoms in total. The van der Waals surface area contributed by atoms with Crippen LogP contribution in [0.25, 0.3) is 0 Å². The van der Waals surface area contributed by atoms with Crippen LogP contribution in [-0.4, -0.2) is 43.9 Å². The number of aryl methyl sites for hydroxylation is 1. The Kier molecular flexibility index (Phi) is 3.65. The van der Waals surface area contributed by atoms with E-state index >= 15 is 0 Å². The molecule has 0 saturated carbocycles. The molecule has 1 N–H and O–H groups in total. The van der Waals surface area contributed by atoms with Gasteiger partial charge in [-0.05, 0) is 19.2 Å². The molecule has 116 valence electrons. The van der Waals surface area contributed by atoms with Crippen molar-refractivity contribution in [3.05, 3.63) is 29.2 Å². The van der Waals surface area contributed by atoms with Gasteiger partial charge in [-0.3, -0.25) is 4.68 Å². The van der Waals surface area contributed by atoms with E-state index in [2.05, 4.69) is 20.5 Å². The number of hydrogen-bond donors (Lipinski definition) is 1. The third kappa shape index (κ3) is 2.17. The molecular formula is C13H16N6O2S. The number of ether oxygens (including phenoxy) is 1. The van der Waals surface area contributed by atoms with Crippen LogP contribution in [0.4, 0.5) is 5.95 Å². The lowest BCUT2D eigenvalue weighted by molar-refractivity contribution is -0.136. The van der Waals surface area contributed by atoms with Gasteiger partial charge < -0.3 is 10.1 Å². The maximum atomic E-state index is 12.3. The summed E-state index contributed by atoms with van der Waals surface area (Å²) in [4.78, 5) is 16.7. The van der Waals surface area contributed by atoms with Crippen molar-refractivity contribution in [1.82, 2.24) is 24.5 Å². The standard InChI is InChI=1S/C13H16N6O2S/c1-7-9(11(20)21-3)10(8-5-6-14-18(8)2)19-12(15-7)16-13(17-19)22-4/h5-6,10H,1-4H3,(H,15,16,17)/t10-/m0/s1. The van der Waals surface area contributed by atoms with Gasteiger partial charge >= 0.3 is 5.97 Å². The molecule has 1 aliphatic heterocycles. The SMILES string of the molecule is COC(=O)C1=C(C)Nc2nc(SC)nn2[C@H]1c1ccnn1C. The van der Waals surface area contributed by atoms with Crippen molar-refractivity contribution in [3.8, 4) is 0 Å². The molecule has 0 bridgehead atoms. The normalized spacial score (nSPS) is 17.2. The average molecular weight is 320 g/mol.